The maximum atomic E-state index is 11.3. The SMILES string of the molecule is COc1ccc(N2CC3CCCC(N)C3C2)c([N+](=O)[O-])c1. The number of hydrogen-bond acceptors (Lipinski definition) is 5. The third kappa shape index (κ3) is 2.55. The minimum atomic E-state index is -0.334. The van der Waals surface area contributed by atoms with Crippen LogP contribution in [0.1, 0.15) is 19.3 Å². The molecule has 0 aromatic heterocycles. The van der Waals surface area contributed by atoms with Crippen molar-refractivity contribution in [1.82, 2.24) is 0 Å². The van der Waals surface area contributed by atoms with Crippen molar-refractivity contribution in [3.05, 3.63) is 28.3 Å². The number of methoxy groups -OCH3 is 1. The van der Waals surface area contributed by atoms with Crippen LogP contribution in [-0.4, -0.2) is 31.2 Å². The minimum Gasteiger partial charge on any atom is -0.496 e. The molecule has 2 aliphatic rings. The zero-order chi connectivity index (χ0) is 15.0. The molecule has 114 valence electrons. The summed E-state index contributed by atoms with van der Waals surface area (Å²) in [5.74, 6) is 1.54. The second kappa shape index (κ2) is 5.52. The molecule has 3 rings (SSSR count). The number of anilines is 1. The Labute approximate surface area is 124 Å². The van der Waals surface area contributed by atoms with E-state index in [0.29, 0.717) is 23.3 Å². The van der Waals surface area contributed by atoms with Crippen molar-refractivity contribution in [3.8, 4) is 5.75 Å². The molecule has 1 aliphatic carbocycles. The zero-order valence-electron chi connectivity index (χ0n) is 12.2. The van der Waals surface area contributed by atoms with Gasteiger partial charge in [-0.05, 0) is 36.8 Å². The monoisotopic (exact) mass is 291 g/mol. The lowest BCUT2D eigenvalue weighted by atomic mass is 9.78. The molecule has 21 heavy (non-hydrogen) atoms. The van der Waals surface area contributed by atoms with Crippen LogP contribution in [-0.2, 0) is 0 Å². The molecule has 1 heterocycles. The van der Waals surface area contributed by atoms with E-state index in [1.165, 1.54) is 26.0 Å². The standard InChI is InChI=1S/C15H21N3O3/c1-21-11-5-6-14(15(7-11)18(19)20)17-8-10-3-2-4-13(16)12(10)9-17/h5-7,10,12-13H,2-4,8-9,16H2,1H3. The van der Waals surface area contributed by atoms with Gasteiger partial charge in [0.1, 0.15) is 11.4 Å². The van der Waals surface area contributed by atoms with E-state index in [1.807, 2.05) is 0 Å². The molecule has 1 saturated heterocycles. The molecule has 0 amide bonds. The van der Waals surface area contributed by atoms with Gasteiger partial charge >= 0.3 is 0 Å². The maximum Gasteiger partial charge on any atom is 0.296 e. The molecule has 3 unspecified atom stereocenters. The molecule has 1 aromatic carbocycles. The van der Waals surface area contributed by atoms with Gasteiger partial charge in [-0.3, -0.25) is 10.1 Å². The van der Waals surface area contributed by atoms with Crippen LogP contribution in [0.4, 0.5) is 11.4 Å². The Hall–Kier alpha value is -1.82. The van der Waals surface area contributed by atoms with Crippen LogP contribution in [0.2, 0.25) is 0 Å². The molecule has 1 aromatic rings. The minimum absolute atomic E-state index is 0.113. The number of nitrogens with two attached hydrogens (primary N) is 1. The molecular formula is C15H21N3O3. The van der Waals surface area contributed by atoms with Gasteiger partial charge in [0.05, 0.1) is 18.1 Å². The largest absolute Gasteiger partial charge is 0.496 e. The van der Waals surface area contributed by atoms with Crippen LogP contribution in [0, 0.1) is 22.0 Å². The van der Waals surface area contributed by atoms with Crippen molar-refractivity contribution < 1.29 is 9.66 Å². The number of ether oxygens (including phenoxy) is 1. The fourth-order valence-corrected chi connectivity index (χ4v) is 3.76. The number of hydrogen-bond donors (Lipinski definition) is 1. The van der Waals surface area contributed by atoms with Crippen molar-refractivity contribution in [2.24, 2.45) is 17.6 Å². The molecule has 2 fully saturated rings. The lowest BCUT2D eigenvalue weighted by Crippen LogP contribution is -2.38. The summed E-state index contributed by atoms with van der Waals surface area (Å²) in [4.78, 5) is 13.1. The average Bonchev–Trinajstić information content (AvgIpc) is 2.92. The molecular weight excluding hydrogens is 270 g/mol. The number of fused-ring (bicyclic) bond motifs is 1. The van der Waals surface area contributed by atoms with Crippen LogP contribution >= 0.6 is 0 Å². The number of nitro benzene ring substituents is 1. The first kappa shape index (κ1) is 14.1. The van der Waals surface area contributed by atoms with E-state index < -0.39 is 0 Å². The van der Waals surface area contributed by atoms with Gasteiger partial charge in [-0.15, -0.1) is 0 Å². The van der Waals surface area contributed by atoms with Gasteiger partial charge in [0.25, 0.3) is 5.69 Å². The van der Waals surface area contributed by atoms with Crippen molar-refractivity contribution in [1.29, 1.82) is 0 Å². The van der Waals surface area contributed by atoms with Gasteiger partial charge in [0.15, 0.2) is 0 Å². The summed E-state index contributed by atoms with van der Waals surface area (Å²) >= 11 is 0. The van der Waals surface area contributed by atoms with Gasteiger partial charge in [-0.2, -0.15) is 0 Å². The van der Waals surface area contributed by atoms with Crippen LogP contribution in [0.3, 0.4) is 0 Å². The molecule has 1 saturated carbocycles. The Morgan fingerprint density at radius 3 is 2.86 bits per heavy atom. The summed E-state index contributed by atoms with van der Waals surface area (Å²) < 4.78 is 5.09. The van der Waals surface area contributed by atoms with Crippen molar-refractivity contribution in [3.63, 3.8) is 0 Å². The number of nitrogens with zero attached hydrogens (tertiary/aromatic N) is 2. The van der Waals surface area contributed by atoms with E-state index in [4.69, 9.17) is 10.5 Å². The van der Waals surface area contributed by atoms with Crippen molar-refractivity contribution in [2.45, 2.75) is 25.3 Å². The Morgan fingerprint density at radius 2 is 2.19 bits per heavy atom. The van der Waals surface area contributed by atoms with E-state index in [2.05, 4.69) is 4.90 Å². The molecule has 0 radical (unpaired) electrons. The molecule has 6 nitrogen and oxygen atoms in total. The average molecular weight is 291 g/mol. The highest BCUT2D eigenvalue weighted by Gasteiger charge is 2.40. The van der Waals surface area contributed by atoms with E-state index in [9.17, 15) is 10.1 Å². The van der Waals surface area contributed by atoms with Crippen LogP contribution in [0.15, 0.2) is 18.2 Å². The van der Waals surface area contributed by atoms with E-state index in [0.717, 1.165) is 19.5 Å². The highest BCUT2D eigenvalue weighted by Crippen LogP contribution is 2.41. The molecule has 2 N–H and O–H groups in total. The Bertz CT molecular complexity index is 549. The maximum absolute atomic E-state index is 11.3. The smallest absolute Gasteiger partial charge is 0.296 e. The van der Waals surface area contributed by atoms with Gasteiger partial charge in [0, 0.05) is 19.1 Å². The van der Waals surface area contributed by atoms with E-state index in [-0.39, 0.29) is 16.7 Å². The Morgan fingerprint density at radius 1 is 1.38 bits per heavy atom. The Kier molecular flexibility index (Phi) is 3.71. The summed E-state index contributed by atoms with van der Waals surface area (Å²) in [7, 11) is 1.52. The Balaban J connectivity index is 1.89. The van der Waals surface area contributed by atoms with E-state index >= 15 is 0 Å². The van der Waals surface area contributed by atoms with Crippen molar-refractivity contribution in [2.75, 3.05) is 25.1 Å². The lowest BCUT2D eigenvalue weighted by molar-refractivity contribution is -0.384. The quantitative estimate of drug-likeness (QED) is 0.681. The van der Waals surface area contributed by atoms with E-state index in [1.54, 1.807) is 12.1 Å². The summed E-state index contributed by atoms with van der Waals surface area (Å²) in [5, 5.41) is 11.3. The fourth-order valence-electron chi connectivity index (χ4n) is 3.76. The number of benzene rings is 1. The fraction of sp³-hybridized carbons (Fsp3) is 0.600. The first-order chi connectivity index (χ1) is 10.1. The van der Waals surface area contributed by atoms with Crippen LogP contribution in [0.25, 0.3) is 0 Å². The highest BCUT2D eigenvalue weighted by atomic mass is 16.6. The number of rotatable bonds is 3. The zero-order valence-corrected chi connectivity index (χ0v) is 12.2. The predicted octanol–water partition coefficient (Wildman–Crippen LogP) is 2.17. The van der Waals surface area contributed by atoms with Crippen molar-refractivity contribution >= 4 is 11.4 Å². The third-order valence-corrected chi connectivity index (χ3v) is 4.87. The molecule has 6 heteroatoms. The topological polar surface area (TPSA) is 81.6 Å². The van der Waals surface area contributed by atoms with Crippen LogP contribution in [0.5, 0.6) is 5.75 Å². The van der Waals surface area contributed by atoms with Gasteiger partial charge < -0.3 is 15.4 Å². The number of nitro groups is 1. The van der Waals surface area contributed by atoms with Gasteiger partial charge in [0.2, 0.25) is 0 Å². The first-order valence-electron chi connectivity index (χ1n) is 7.43. The lowest BCUT2D eigenvalue weighted by Gasteiger charge is -2.29. The first-order valence-corrected chi connectivity index (χ1v) is 7.43. The van der Waals surface area contributed by atoms with Gasteiger partial charge in [-0.25, -0.2) is 0 Å². The van der Waals surface area contributed by atoms with Gasteiger partial charge in [-0.1, -0.05) is 6.42 Å². The summed E-state index contributed by atoms with van der Waals surface area (Å²) in [5.41, 5.74) is 7.02. The molecule has 1 aliphatic heterocycles. The summed E-state index contributed by atoms with van der Waals surface area (Å²) in [6.45, 7) is 1.69. The molecule has 3 atom stereocenters. The third-order valence-electron chi connectivity index (χ3n) is 4.87. The summed E-state index contributed by atoms with van der Waals surface area (Å²) in [6, 6.07) is 5.30. The van der Waals surface area contributed by atoms with Crippen LogP contribution < -0.4 is 15.4 Å². The second-order valence-electron chi connectivity index (χ2n) is 6.04. The molecule has 0 spiro atoms. The predicted molar refractivity (Wildman–Crippen MR) is 80.7 cm³/mol. The highest BCUT2D eigenvalue weighted by molar-refractivity contribution is 5.66. The normalized spacial score (nSPS) is 28.3. The molecule has 0 bridgehead atoms. The second-order valence-corrected chi connectivity index (χ2v) is 6.04. The summed E-state index contributed by atoms with van der Waals surface area (Å²) in [6.07, 6.45) is 3.42.